The average Bonchev–Trinajstić information content (AvgIpc) is 3.43. The van der Waals surface area contributed by atoms with Crippen LogP contribution in [0.25, 0.3) is 0 Å². The molecule has 0 fully saturated rings. The van der Waals surface area contributed by atoms with E-state index in [9.17, 15) is 14.4 Å². The number of ether oxygens (including phenoxy) is 3. The second-order valence-corrected chi connectivity index (χ2v) is 21.3. The predicted octanol–water partition coefficient (Wildman–Crippen LogP) is 22.2. The highest BCUT2D eigenvalue weighted by atomic mass is 16.6. The lowest BCUT2D eigenvalue weighted by Crippen LogP contribution is -2.30. The Kier molecular flexibility index (Phi) is 61.3. The van der Waals surface area contributed by atoms with Crippen molar-refractivity contribution < 1.29 is 28.6 Å². The Morgan fingerprint density at radius 1 is 0.273 bits per heavy atom. The van der Waals surface area contributed by atoms with Gasteiger partial charge in [0.2, 0.25) is 0 Å². The monoisotopic (exact) mass is 1070 g/mol. The van der Waals surface area contributed by atoms with Crippen LogP contribution in [0.3, 0.4) is 0 Å². The molecular weight excluding hydrogens is 949 g/mol. The van der Waals surface area contributed by atoms with Crippen LogP contribution in [0.5, 0.6) is 0 Å². The lowest BCUT2D eigenvalue weighted by Gasteiger charge is -2.18. The highest BCUT2D eigenvalue weighted by Gasteiger charge is 2.19. The Morgan fingerprint density at radius 2 is 0.519 bits per heavy atom. The molecule has 1 unspecified atom stereocenters. The van der Waals surface area contributed by atoms with E-state index in [1.54, 1.807) is 0 Å². The van der Waals surface area contributed by atoms with E-state index in [2.05, 4.69) is 130 Å². The predicted molar refractivity (Wildman–Crippen MR) is 334 cm³/mol. The lowest BCUT2D eigenvalue weighted by atomic mass is 10.0. The fourth-order valence-corrected chi connectivity index (χ4v) is 8.91. The van der Waals surface area contributed by atoms with Gasteiger partial charge in [-0.1, -0.05) is 291 Å². The highest BCUT2D eigenvalue weighted by Crippen LogP contribution is 2.16. The fraction of sp³-hybridized carbons (Fsp3) is 0.704. The summed E-state index contributed by atoms with van der Waals surface area (Å²) in [5.41, 5.74) is 0. The van der Waals surface area contributed by atoms with E-state index >= 15 is 0 Å². The molecule has 0 aliphatic rings. The normalized spacial score (nSPS) is 12.8. The van der Waals surface area contributed by atoms with Gasteiger partial charge in [0.05, 0.1) is 0 Å². The molecule has 77 heavy (non-hydrogen) atoms. The summed E-state index contributed by atoms with van der Waals surface area (Å²) in [6.07, 6.45) is 88.1. The topological polar surface area (TPSA) is 78.9 Å². The van der Waals surface area contributed by atoms with Gasteiger partial charge in [0, 0.05) is 19.3 Å². The molecule has 0 N–H and O–H groups in total. The second kappa shape index (κ2) is 64.6. The molecule has 0 aromatic carbocycles. The van der Waals surface area contributed by atoms with Gasteiger partial charge in [-0.15, -0.1) is 0 Å². The van der Waals surface area contributed by atoms with E-state index in [0.29, 0.717) is 19.3 Å². The molecule has 6 nitrogen and oxygen atoms in total. The largest absolute Gasteiger partial charge is 0.462 e. The van der Waals surface area contributed by atoms with Crippen molar-refractivity contribution in [1.82, 2.24) is 0 Å². The Balaban J connectivity index is 4.33. The van der Waals surface area contributed by atoms with Gasteiger partial charge in [0.15, 0.2) is 6.10 Å². The summed E-state index contributed by atoms with van der Waals surface area (Å²) < 4.78 is 16.9. The van der Waals surface area contributed by atoms with Crippen molar-refractivity contribution in [3.63, 3.8) is 0 Å². The third kappa shape index (κ3) is 62.8. The maximum Gasteiger partial charge on any atom is 0.306 e. The third-order valence-corrected chi connectivity index (χ3v) is 13.8. The number of hydrogen-bond acceptors (Lipinski definition) is 6. The van der Waals surface area contributed by atoms with Gasteiger partial charge in [-0.2, -0.15) is 0 Å². The van der Waals surface area contributed by atoms with Crippen LogP contribution in [-0.2, 0) is 28.6 Å². The molecule has 6 heteroatoms. The standard InChI is InChI=1S/C71H120O6/c1-4-7-10-13-16-19-22-24-26-28-30-31-32-33-34-35-36-37-38-39-41-42-44-46-49-52-55-58-61-64-70(73)76-67-68(66-75-69(72)63-60-57-54-51-48-21-18-15-12-9-6-3)77-71(74)65-62-59-56-53-50-47-45-43-40-29-27-25-23-20-17-14-11-8-5-2/h7,10,15-16,18-19,24,26,30-31,33-34,36-37,39,41,44,46,68H,4-6,8-9,11-14,17,20-23,25,27-29,32,35,38,40,42-43,45,47-67H2,1-3H3/b10-7-,18-15-,19-16-,26-24-,31-30-,34-33-,37-36-,41-39-,46-44-. The Morgan fingerprint density at radius 3 is 0.844 bits per heavy atom. The highest BCUT2D eigenvalue weighted by molar-refractivity contribution is 5.71. The van der Waals surface area contributed by atoms with E-state index in [1.165, 1.54) is 135 Å². The zero-order valence-corrected chi connectivity index (χ0v) is 50.4. The molecule has 0 aliphatic carbocycles. The second-order valence-electron chi connectivity index (χ2n) is 21.3. The maximum absolute atomic E-state index is 12.9. The van der Waals surface area contributed by atoms with Gasteiger partial charge in [-0.3, -0.25) is 14.4 Å². The molecule has 440 valence electrons. The van der Waals surface area contributed by atoms with Crippen molar-refractivity contribution in [2.24, 2.45) is 0 Å². The minimum absolute atomic E-state index is 0.0891. The SMILES string of the molecule is CC/C=C\C/C=C\C/C=C\C/C=C\C/C=C\C/C=C\C/C=C\C/C=C\CCCCCCC(=O)OCC(COC(=O)CCCCCCC/C=C\CCCC)OC(=O)CCCCCCCCCCCCCCCCCCCCC. The van der Waals surface area contributed by atoms with Gasteiger partial charge in [0.25, 0.3) is 0 Å². The summed E-state index contributed by atoms with van der Waals surface area (Å²) in [7, 11) is 0. The number of hydrogen-bond donors (Lipinski definition) is 0. The summed E-state index contributed by atoms with van der Waals surface area (Å²) in [6.45, 7) is 6.48. The molecule has 0 aliphatic heterocycles. The van der Waals surface area contributed by atoms with Crippen molar-refractivity contribution in [1.29, 1.82) is 0 Å². The fourth-order valence-electron chi connectivity index (χ4n) is 8.91. The molecule has 0 saturated carbocycles. The van der Waals surface area contributed by atoms with Crippen LogP contribution >= 0.6 is 0 Å². The number of carbonyl (C=O) groups is 3. The smallest absolute Gasteiger partial charge is 0.306 e. The number of unbranched alkanes of at least 4 members (excludes halogenated alkanes) is 29. The quantitative estimate of drug-likeness (QED) is 0.0261. The first kappa shape index (κ1) is 73.1. The molecule has 0 aromatic rings. The van der Waals surface area contributed by atoms with Crippen molar-refractivity contribution >= 4 is 17.9 Å². The molecular formula is C71H120O6. The van der Waals surface area contributed by atoms with Gasteiger partial charge < -0.3 is 14.2 Å². The van der Waals surface area contributed by atoms with E-state index in [-0.39, 0.29) is 31.1 Å². The molecule has 0 bridgehead atoms. The molecule has 0 spiro atoms. The molecule has 0 aromatic heterocycles. The molecule has 0 rings (SSSR count). The number of carbonyl (C=O) groups excluding carboxylic acids is 3. The molecule has 0 heterocycles. The van der Waals surface area contributed by atoms with Crippen LogP contribution in [0.2, 0.25) is 0 Å². The summed E-state index contributed by atoms with van der Waals surface area (Å²) in [6, 6.07) is 0. The summed E-state index contributed by atoms with van der Waals surface area (Å²) in [5, 5.41) is 0. The van der Waals surface area contributed by atoms with E-state index in [1.807, 2.05) is 0 Å². The molecule has 0 radical (unpaired) electrons. The van der Waals surface area contributed by atoms with E-state index in [0.717, 1.165) is 128 Å². The van der Waals surface area contributed by atoms with Gasteiger partial charge in [0.1, 0.15) is 13.2 Å². The van der Waals surface area contributed by atoms with Crippen molar-refractivity contribution in [3.05, 3.63) is 109 Å². The zero-order chi connectivity index (χ0) is 55.7. The maximum atomic E-state index is 12.9. The van der Waals surface area contributed by atoms with Gasteiger partial charge in [-0.25, -0.2) is 0 Å². The summed E-state index contributed by atoms with van der Waals surface area (Å²) in [5.74, 6) is -0.915. The lowest BCUT2D eigenvalue weighted by molar-refractivity contribution is -0.167. The minimum Gasteiger partial charge on any atom is -0.462 e. The minimum atomic E-state index is -0.792. The third-order valence-electron chi connectivity index (χ3n) is 13.8. The first-order valence-corrected chi connectivity index (χ1v) is 32.4. The first-order chi connectivity index (χ1) is 38.0. The Bertz CT molecular complexity index is 1560. The number of rotatable bonds is 58. The van der Waals surface area contributed by atoms with Gasteiger partial charge in [-0.05, 0) is 103 Å². The van der Waals surface area contributed by atoms with Crippen LogP contribution in [0.15, 0.2) is 109 Å². The van der Waals surface area contributed by atoms with Crippen LogP contribution in [0.1, 0.15) is 303 Å². The van der Waals surface area contributed by atoms with E-state index < -0.39 is 6.10 Å². The van der Waals surface area contributed by atoms with Crippen molar-refractivity contribution in [3.8, 4) is 0 Å². The van der Waals surface area contributed by atoms with Crippen molar-refractivity contribution in [2.45, 2.75) is 309 Å². The number of allylic oxidation sites excluding steroid dienone is 18. The number of esters is 3. The summed E-state index contributed by atoms with van der Waals surface area (Å²) >= 11 is 0. The molecule has 0 saturated heterocycles. The zero-order valence-electron chi connectivity index (χ0n) is 50.4. The molecule has 1 atom stereocenters. The van der Waals surface area contributed by atoms with Crippen LogP contribution in [0, 0.1) is 0 Å². The van der Waals surface area contributed by atoms with Crippen LogP contribution in [0.4, 0.5) is 0 Å². The average molecular weight is 1070 g/mol. The molecule has 0 amide bonds. The van der Waals surface area contributed by atoms with Crippen LogP contribution < -0.4 is 0 Å². The first-order valence-electron chi connectivity index (χ1n) is 32.4. The Hall–Kier alpha value is -3.93. The van der Waals surface area contributed by atoms with Crippen LogP contribution in [-0.4, -0.2) is 37.2 Å². The summed E-state index contributed by atoms with van der Waals surface area (Å²) in [4.78, 5) is 38.2. The van der Waals surface area contributed by atoms with Gasteiger partial charge >= 0.3 is 17.9 Å². The van der Waals surface area contributed by atoms with Crippen molar-refractivity contribution in [2.75, 3.05) is 13.2 Å². The van der Waals surface area contributed by atoms with E-state index in [4.69, 9.17) is 14.2 Å². The Labute approximate surface area is 476 Å².